The van der Waals surface area contributed by atoms with Crippen molar-refractivity contribution in [1.29, 1.82) is 0 Å². The second kappa shape index (κ2) is 14.3. The third-order valence-electron chi connectivity index (χ3n) is 7.44. The van der Waals surface area contributed by atoms with Crippen LogP contribution in [-0.4, -0.2) is 50.9 Å². The number of ether oxygens (including phenoxy) is 1. The zero-order valence-corrected chi connectivity index (χ0v) is 26.0. The highest BCUT2D eigenvalue weighted by atomic mass is 35.5. The Bertz CT molecular complexity index is 1500. The molecular weight excluding hydrogens is 597 g/mol. The number of nitrogens with zero attached hydrogens (tertiary/aromatic N) is 2. The van der Waals surface area contributed by atoms with Gasteiger partial charge in [-0.05, 0) is 61.7 Å². The Morgan fingerprint density at radius 3 is 2.31 bits per heavy atom. The van der Waals surface area contributed by atoms with Crippen molar-refractivity contribution in [2.24, 2.45) is 0 Å². The first-order valence-corrected chi connectivity index (χ1v) is 16.1. The molecule has 224 valence electrons. The van der Waals surface area contributed by atoms with Crippen LogP contribution in [0.5, 0.6) is 5.75 Å². The lowest BCUT2D eigenvalue weighted by Crippen LogP contribution is -2.53. The van der Waals surface area contributed by atoms with Crippen molar-refractivity contribution in [1.82, 2.24) is 10.2 Å². The van der Waals surface area contributed by atoms with E-state index in [2.05, 4.69) is 5.32 Å². The van der Waals surface area contributed by atoms with Crippen LogP contribution in [0.25, 0.3) is 0 Å². The predicted molar refractivity (Wildman–Crippen MR) is 165 cm³/mol. The fraction of sp³-hybridized carbons (Fsp3) is 0.355. The number of para-hydroxylation sites is 2. The predicted octanol–water partition coefficient (Wildman–Crippen LogP) is 6.06. The summed E-state index contributed by atoms with van der Waals surface area (Å²) in [5, 5.41) is 3.85. The highest BCUT2D eigenvalue weighted by molar-refractivity contribution is 7.92. The van der Waals surface area contributed by atoms with E-state index in [9.17, 15) is 18.0 Å². The molecule has 42 heavy (non-hydrogen) atoms. The van der Waals surface area contributed by atoms with Gasteiger partial charge in [0.1, 0.15) is 18.3 Å². The molecule has 1 saturated carbocycles. The third-order valence-corrected chi connectivity index (χ3v) is 9.80. The molecule has 0 heterocycles. The lowest BCUT2D eigenvalue weighted by atomic mass is 9.95. The fourth-order valence-electron chi connectivity index (χ4n) is 5.05. The van der Waals surface area contributed by atoms with Crippen LogP contribution in [0.3, 0.4) is 0 Å². The lowest BCUT2D eigenvalue weighted by Gasteiger charge is -2.33. The molecule has 11 heteroatoms. The number of nitrogens with one attached hydrogen (secondary N) is 1. The number of carbonyl (C=O) groups is 2. The quantitative estimate of drug-likeness (QED) is 0.277. The minimum Gasteiger partial charge on any atom is -0.495 e. The van der Waals surface area contributed by atoms with Crippen molar-refractivity contribution < 1.29 is 22.7 Å². The third kappa shape index (κ3) is 7.56. The second-order valence-corrected chi connectivity index (χ2v) is 13.0. The molecule has 0 aromatic heterocycles. The van der Waals surface area contributed by atoms with E-state index in [1.807, 2.05) is 0 Å². The summed E-state index contributed by atoms with van der Waals surface area (Å²) in [6.45, 7) is 1.03. The van der Waals surface area contributed by atoms with E-state index in [1.165, 1.54) is 24.1 Å². The van der Waals surface area contributed by atoms with Crippen molar-refractivity contribution in [3.05, 3.63) is 88.4 Å². The fourth-order valence-corrected chi connectivity index (χ4v) is 6.97. The molecule has 0 radical (unpaired) electrons. The minimum atomic E-state index is -4.21. The number of rotatable bonds is 11. The summed E-state index contributed by atoms with van der Waals surface area (Å²) < 4.78 is 34.4. The molecule has 0 bridgehead atoms. The molecule has 1 fully saturated rings. The number of anilines is 1. The summed E-state index contributed by atoms with van der Waals surface area (Å²) in [5.74, 6) is -0.618. The molecule has 3 aromatic carbocycles. The SMILES string of the molecule is COc1ccccc1N(CC(=O)N(Cc1ccc(Cl)cc1Cl)[C@H](C)C(=O)NC1CCCCC1)S(=O)(=O)c1ccccc1. The monoisotopic (exact) mass is 631 g/mol. The summed E-state index contributed by atoms with van der Waals surface area (Å²) in [6, 6.07) is 18.5. The maximum absolute atomic E-state index is 14.2. The number of carbonyl (C=O) groups excluding carboxylic acids is 2. The summed E-state index contributed by atoms with van der Waals surface area (Å²) in [5.41, 5.74) is 0.766. The molecule has 1 aliphatic carbocycles. The first kappa shape index (κ1) is 31.7. The number of sulfonamides is 1. The summed E-state index contributed by atoms with van der Waals surface area (Å²) in [7, 11) is -2.78. The molecule has 0 unspecified atom stereocenters. The standard InChI is InChI=1S/C31H35Cl2N3O5S/c1-22(31(38)34-25-11-5-3-6-12-25)35(20-23-17-18-24(32)19-27(23)33)30(37)21-36(28-15-9-10-16-29(28)41-2)42(39,40)26-13-7-4-8-14-26/h4,7-10,13-19,22,25H,3,5-6,11-12,20-21H2,1-2H3,(H,34,38)/t22-/m1/s1. The zero-order valence-electron chi connectivity index (χ0n) is 23.6. The first-order chi connectivity index (χ1) is 20.1. The maximum atomic E-state index is 14.2. The van der Waals surface area contributed by atoms with Gasteiger partial charge in [0.2, 0.25) is 11.8 Å². The van der Waals surface area contributed by atoms with E-state index in [-0.39, 0.29) is 34.8 Å². The Hall–Kier alpha value is -3.27. The van der Waals surface area contributed by atoms with Crippen LogP contribution in [0.4, 0.5) is 5.69 Å². The van der Waals surface area contributed by atoms with Gasteiger partial charge >= 0.3 is 0 Å². The van der Waals surface area contributed by atoms with E-state index in [0.29, 0.717) is 15.6 Å². The van der Waals surface area contributed by atoms with Gasteiger partial charge in [0.25, 0.3) is 10.0 Å². The molecule has 8 nitrogen and oxygen atoms in total. The van der Waals surface area contributed by atoms with Gasteiger partial charge in [0.15, 0.2) is 0 Å². The number of hydrogen-bond donors (Lipinski definition) is 1. The Labute approximate surface area is 257 Å². The van der Waals surface area contributed by atoms with Crippen LogP contribution in [0.15, 0.2) is 77.7 Å². The van der Waals surface area contributed by atoms with Gasteiger partial charge in [-0.3, -0.25) is 13.9 Å². The zero-order chi connectivity index (χ0) is 30.3. The highest BCUT2D eigenvalue weighted by Crippen LogP contribution is 2.33. The Morgan fingerprint density at radius 1 is 0.976 bits per heavy atom. The van der Waals surface area contributed by atoms with Gasteiger partial charge in [-0.2, -0.15) is 0 Å². The average Bonchev–Trinajstić information content (AvgIpc) is 3.00. The number of hydrogen-bond acceptors (Lipinski definition) is 5. The summed E-state index contributed by atoms with van der Waals surface area (Å²) in [4.78, 5) is 29.0. The molecule has 2 amide bonds. The summed E-state index contributed by atoms with van der Waals surface area (Å²) in [6.07, 6.45) is 4.97. The van der Waals surface area contributed by atoms with E-state index >= 15 is 0 Å². The smallest absolute Gasteiger partial charge is 0.264 e. The Morgan fingerprint density at radius 2 is 1.64 bits per heavy atom. The molecule has 0 saturated heterocycles. The van der Waals surface area contributed by atoms with Crippen LogP contribution in [0.2, 0.25) is 10.0 Å². The first-order valence-electron chi connectivity index (χ1n) is 13.9. The van der Waals surface area contributed by atoms with Gasteiger partial charge in [-0.25, -0.2) is 8.42 Å². The molecule has 0 spiro atoms. The Balaban J connectivity index is 1.71. The van der Waals surface area contributed by atoms with Crippen molar-refractivity contribution in [2.45, 2.75) is 62.6 Å². The van der Waals surface area contributed by atoms with Crippen molar-refractivity contribution in [2.75, 3.05) is 18.0 Å². The molecule has 1 atom stereocenters. The number of amides is 2. The van der Waals surface area contributed by atoms with Crippen LogP contribution >= 0.6 is 23.2 Å². The molecule has 0 aliphatic heterocycles. The molecule has 3 aromatic rings. The molecule has 1 N–H and O–H groups in total. The lowest BCUT2D eigenvalue weighted by molar-refractivity contribution is -0.139. The number of benzene rings is 3. The second-order valence-electron chi connectivity index (χ2n) is 10.3. The van der Waals surface area contributed by atoms with E-state index < -0.39 is 28.5 Å². The van der Waals surface area contributed by atoms with Crippen LogP contribution in [0, 0.1) is 0 Å². The average molecular weight is 633 g/mol. The normalized spacial score (nSPS) is 14.6. The van der Waals surface area contributed by atoms with Gasteiger partial charge in [-0.1, -0.05) is 78.9 Å². The van der Waals surface area contributed by atoms with E-state index in [0.717, 1.165) is 36.4 Å². The molecule has 4 rings (SSSR count). The highest BCUT2D eigenvalue weighted by Gasteiger charge is 2.34. The van der Waals surface area contributed by atoms with Crippen LogP contribution in [-0.2, 0) is 26.2 Å². The van der Waals surface area contributed by atoms with Gasteiger partial charge in [-0.15, -0.1) is 0 Å². The van der Waals surface area contributed by atoms with Crippen molar-refractivity contribution in [3.8, 4) is 5.75 Å². The number of methoxy groups -OCH3 is 1. The maximum Gasteiger partial charge on any atom is 0.264 e. The van der Waals surface area contributed by atoms with E-state index in [1.54, 1.807) is 67.6 Å². The van der Waals surface area contributed by atoms with Gasteiger partial charge in [0.05, 0.1) is 17.7 Å². The summed E-state index contributed by atoms with van der Waals surface area (Å²) >= 11 is 12.6. The Kier molecular flexibility index (Phi) is 10.8. The molecular formula is C31H35Cl2N3O5S. The largest absolute Gasteiger partial charge is 0.495 e. The van der Waals surface area contributed by atoms with Crippen molar-refractivity contribution in [3.63, 3.8) is 0 Å². The van der Waals surface area contributed by atoms with Crippen LogP contribution < -0.4 is 14.4 Å². The molecule has 1 aliphatic rings. The topological polar surface area (TPSA) is 96.0 Å². The number of halogens is 2. The van der Waals surface area contributed by atoms with E-state index in [4.69, 9.17) is 27.9 Å². The van der Waals surface area contributed by atoms with Gasteiger partial charge in [0, 0.05) is 22.6 Å². The van der Waals surface area contributed by atoms with Crippen LogP contribution in [0.1, 0.15) is 44.6 Å². The van der Waals surface area contributed by atoms with Crippen molar-refractivity contribution >= 4 is 50.7 Å². The van der Waals surface area contributed by atoms with Gasteiger partial charge < -0.3 is 15.0 Å². The minimum absolute atomic E-state index is 0.0130.